The Morgan fingerprint density at radius 3 is 2.41 bits per heavy atom. The fourth-order valence-corrected chi connectivity index (χ4v) is 1.62. The lowest BCUT2D eigenvalue weighted by atomic mass is 10.1. The van der Waals surface area contributed by atoms with E-state index in [9.17, 15) is 4.79 Å². The van der Waals surface area contributed by atoms with Crippen LogP contribution in [0.25, 0.3) is 0 Å². The predicted octanol–water partition coefficient (Wildman–Crippen LogP) is 1.43. The summed E-state index contributed by atoms with van der Waals surface area (Å²) in [6.45, 7) is 4.23. The summed E-state index contributed by atoms with van der Waals surface area (Å²) in [5.74, 6) is 0.229. The smallest absolute Gasteiger partial charge is 0.146 e. The van der Waals surface area contributed by atoms with Crippen molar-refractivity contribution in [2.24, 2.45) is 5.73 Å². The monoisotopic (exact) mass is 233 g/mol. The second-order valence-electron chi connectivity index (χ2n) is 4.06. The Balaban J connectivity index is 2.58. The van der Waals surface area contributed by atoms with E-state index < -0.39 is 0 Å². The molecule has 1 rings (SSSR count). The first kappa shape index (κ1) is 13.4. The molecule has 92 valence electrons. The molecule has 0 saturated heterocycles. The molecule has 1 atom stereocenters. The summed E-state index contributed by atoms with van der Waals surface area (Å²) < 4.78 is 0. The SMILES string of the molecule is CCC(NCc1ccc(C(=N)N)cc1)C(C)=O. The van der Waals surface area contributed by atoms with Gasteiger partial charge in [0.25, 0.3) is 0 Å². The molecular formula is C13H19N3O. The lowest BCUT2D eigenvalue weighted by molar-refractivity contribution is -0.119. The maximum absolute atomic E-state index is 11.2. The van der Waals surface area contributed by atoms with Crippen LogP contribution in [0.15, 0.2) is 24.3 Å². The van der Waals surface area contributed by atoms with Crippen LogP contribution in [0.2, 0.25) is 0 Å². The Hall–Kier alpha value is -1.68. The van der Waals surface area contributed by atoms with Crippen molar-refractivity contribution in [1.82, 2.24) is 5.32 Å². The summed E-state index contributed by atoms with van der Waals surface area (Å²) >= 11 is 0. The van der Waals surface area contributed by atoms with E-state index in [0.717, 1.165) is 12.0 Å². The average Bonchev–Trinajstić information content (AvgIpc) is 2.30. The van der Waals surface area contributed by atoms with Crippen LogP contribution < -0.4 is 11.1 Å². The molecule has 1 aromatic carbocycles. The minimum absolute atomic E-state index is 0.0691. The zero-order valence-corrected chi connectivity index (χ0v) is 10.3. The van der Waals surface area contributed by atoms with Gasteiger partial charge in [-0.05, 0) is 18.9 Å². The summed E-state index contributed by atoms with van der Waals surface area (Å²) in [7, 11) is 0. The molecule has 0 radical (unpaired) electrons. The van der Waals surface area contributed by atoms with Crippen molar-refractivity contribution in [1.29, 1.82) is 5.41 Å². The number of nitrogens with one attached hydrogen (secondary N) is 2. The Labute approximate surface area is 102 Å². The van der Waals surface area contributed by atoms with Gasteiger partial charge in [0.2, 0.25) is 0 Å². The van der Waals surface area contributed by atoms with E-state index in [4.69, 9.17) is 11.1 Å². The topological polar surface area (TPSA) is 79.0 Å². The van der Waals surface area contributed by atoms with Crippen LogP contribution in [-0.4, -0.2) is 17.7 Å². The van der Waals surface area contributed by atoms with Crippen molar-refractivity contribution in [3.8, 4) is 0 Å². The van der Waals surface area contributed by atoms with Crippen LogP contribution in [0.1, 0.15) is 31.4 Å². The number of hydrogen-bond acceptors (Lipinski definition) is 3. The molecule has 1 unspecified atom stereocenters. The van der Waals surface area contributed by atoms with Gasteiger partial charge in [0.15, 0.2) is 0 Å². The van der Waals surface area contributed by atoms with Crippen molar-refractivity contribution in [2.45, 2.75) is 32.9 Å². The highest BCUT2D eigenvalue weighted by Crippen LogP contribution is 2.04. The van der Waals surface area contributed by atoms with Gasteiger partial charge in [-0.2, -0.15) is 0 Å². The lowest BCUT2D eigenvalue weighted by Gasteiger charge is -2.13. The van der Waals surface area contributed by atoms with Gasteiger partial charge < -0.3 is 11.1 Å². The van der Waals surface area contributed by atoms with Crippen molar-refractivity contribution < 1.29 is 4.79 Å². The van der Waals surface area contributed by atoms with Gasteiger partial charge in [0, 0.05) is 12.1 Å². The minimum Gasteiger partial charge on any atom is -0.384 e. The van der Waals surface area contributed by atoms with E-state index in [-0.39, 0.29) is 17.7 Å². The first-order valence-corrected chi connectivity index (χ1v) is 5.71. The Morgan fingerprint density at radius 1 is 1.41 bits per heavy atom. The van der Waals surface area contributed by atoms with E-state index >= 15 is 0 Å². The molecule has 0 saturated carbocycles. The zero-order valence-electron chi connectivity index (χ0n) is 10.3. The molecule has 1 aromatic rings. The number of amidine groups is 1. The first-order valence-electron chi connectivity index (χ1n) is 5.71. The van der Waals surface area contributed by atoms with E-state index in [2.05, 4.69) is 5.32 Å². The highest BCUT2D eigenvalue weighted by Gasteiger charge is 2.10. The van der Waals surface area contributed by atoms with Gasteiger partial charge in [0.1, 0.15) is 11.6 Å². The fraction of sp³-hybridized carbons (Fsp3) is 0.385. The molecule has 4 N–H and O–H groups in total. The number of rotatable bonds is 6. The first-order chi connectivity index (χ1) is 8.04. The molecule has 17 heavy (non-hydrogen) atoms. The summed E-state index contributed by atoms with van der Waals surface area (Å²) in [6, 6.07) is 7.37. The number of hydrogen-bond donors (Lipinski definition) is 3. The number of carbonyl (C=O) groups is 1. The summed E-state index contributed by atoms with van der Waals surface area (Å²) in [4.78, 5) is 11.2. The summed E-state index contributed by atoms with van der Waals surface area (Å²) in [5, 5.41) is 10.5. The van der Waals surface area contributed by atoms with Gasteiger partial charge in [0.05, 0.1) is 6.04 Å². The van der Waals surface area contributed by atoms with Gasteiger partial charge in [-0.1, -0.05) is 31.2 Å². The minimum atomic E-state index is -0.0810. The number of Topliss-reactive ketones (excluding diaryl/α,β-unsaturated/α-hetero) is 1. The lowest BCUT2D eigenvalue weighted by Crippen LogP contribution is -2.34. The standard InChI is InChI=1S/C13H19N3O/c1-3-12(9(2)17)16-8-10-4-6-11(7-5-10)13(14)15/h4-7,12,16H,3,8H2,1-2H3,(H3,14,15). The molecule has 0 bridgehead atoms. The van der Waals surface area contributed by atoms with Crippen LogP contribution in [0.4, 0.5) is 0 Å². The van der Waals surface area contributed by atoms with Crippen LogP contribution in [0.5, 0.6) is 0 Å². The normalized spacial score (nSPS) is 12.1. The van der Waals surface area contributed by atoms with Crippen molar-refractivity contribution in [3.05, 3.63) is 35.4 Å². The van der Waals surface area contributed by atoms with Crippen molar-refractivity contribution >= 4 is 11.6 Å². The van der Waals surface area contributed by atoms with Crippen LogP contribution >= 0.6 is 0 Å². The second kappa shape index (κ2) is 6.15. The molecule has 0 amide bonds. The highest BCUT2D eigenvalue weighted by molar-refractivity contribution is 5.94. The number of carbonyl (C=O) groups excluding carboxylic acids is 1. The third-order valence-corrected chi connectivity index (χ3v) is 2.72. The predicted molar refractivity (Wildman–Crippen MR) is 69.1 cm³/mol. The molecule has 0 heterocycles. The summed E-state index contributed by atoms with van der Waals surface area (Å²) in [6.07, 6.45) is 0.793. The fourth-order valence-electron chi connectivity index (χ4n) is 1.62. The zero-order chi connectivity index (χ0) is 12.8. The number of benzene rings is 1. The molecule has 0 fully saturated rings. The Morgan fingerprint density at radius 2 is 2.00 bits per heavy atom. The maximum Gasteiger partial charge on any atom is 0.146 e. The van der Waals surface area contributed by atoms with Gasteiger partial charge >= 0.3 is 0 Å². The van der Waals surface area contributed by atoms with Gasteiger partial charge in [-0.25, -0.2) is 0 Å². The highest BCUT2D eigenvalue weighted by atomic mass is 16.1. The quantitative estimate of drug-likeness (QED) is 0.513. The Kier molecular flexibility index (Phi) is 4.84. The van der Waals surface area contributed by atoms with Gasteiger partial charge in [-0.3, -0.25) is 10.2 Å². The third-order valence-electron chi connectivity index (χ3n) is 2.72. The summed E-state index contributed by atoms with van der Waals surface area (Å²) in [5.41, 5.74) is 7.16. The van der Waals surface area contributed by atoms with E-state index in [1.54, 1.807) is 6.92 Å². The van der Waals surface area contributed by atoms with Crippen LogP contribution in [0.3, 0.4) is 0 Å². The molecule has 0 aliphatic carbocycles. The second-order valence-corrected chi connectivity index (χ2v) is 4.06. The average molecular weight is 233 g/mol. The largest absolute Gasteiger partial charge is 0.384 e. The van der Waals surface area contributed by atoms with E-state index in [0.29, 0.717) is 12.1 Å². The number of nitrogen functional groups attached to an aromatic ring is 1. The maximum atomic E-state index is 11.2. The van der Waals surface area contributed by atoms with Crippen molar-refractivity contribution in [3.63, 3.8) is 0 Å². The molecule has 0 aromatic heterocycles. The molecule has 0 aliphatic rings. The molecule has 0 spiro atoms. The molecular weight excluding hydrogens is 214 g/mol. The molecule has 0 aliphatic heterocycles. The molecule has 4 heteroatoms. The van der Waals surface area contributed by atoms with Crippen LogP contribution in [0, 0.1) is 5.41 Å². The van der Waals surface area contributed by atoms with Crippen molar-refractivity contribution in [2.75, 3.05) is 0 Å². The third kappa shape index (κ3) is 4.00. The van der Waals surface area contributed by atoms with Gasteiger partial charge in [-0.15, -0.1) is 0 Å². The van der Waals surface area contributed by atoms with E-state index in [1.807, 2.05) is 31.2 Å². The van der Waals surface area contributed by atoms with Crippen LogP contribution in [-0.2, 0) is 11.3 Å². The Bertz CT molecular complexity index is 398. The number of nitrogens with two attached hydrogens (primary N) is 1. The van der Waals surface area contributed by atoms with E-state index in [1.165, 1.54) is 0 Å². The molecule has 4 nitrogen and oxygen atoms in total. The number of ketones is 1.